The lowest BCUT2D eigenvalue weighted by atomic mass is 10.0. The Hall–Kier alpha value is -2.58. The Morgan fingerprint density at radius 3 is 2.48 bits per heavy atom. The number of fused-ring (bicyclic) bond motifs is 1. The molecule has 0 bridgehead atoms. The molecule has 7 nitrogen and oxygen atoms in total. The second-order valence-corrected chi connectivity index (χ2v) is 10.6. The first-order chi connectivity index (χ1) is 15.7. The summed E-state index contributed by atoms with van der Waals surface area (Å²) in [6.07, 6.45) is 2.14. The lowest BCUT2D eigenvalue weighted by Gasteiger charge is -2.19. The van der Waals surface area contributed by atoms with Crippen molar-refractivity contribution in [3.63, 3.8) is 0 Å². The van der Waals surface area contributed by atoms with Crippen molar-refractivity contribution in [1.82, 2.24) is 13.9 Å². The molecule has 0 unspecified atom stereocenters. The van der Waals surface area contributed by atoms with Gasteiger partial charge in [0.2, 0.25) is 10.0 Å². The summed E-state index contributed by atoms with van der Waals surface area (Å²) >= 11 is 0. The molecular formula is C25H35N3O4S. The Morgan fingerprint density at radius 2 is 1.82 bits per heavy atom. The summed E-state index contributed by atoms with van der Waals surface area (Å²) in [5.74, 6) is 0.733. The maximum atomic E-state index is 12.7. The van der Waals surface area contributed by atoms with Crippen LogP contribution in [0.25, 0.3) is 10.9 Å². The van der Waals surface area contributed by atoms with E-state index in [1.165, 1.54) is 0 Å². The molecule has 3 rings (SSSR count). The molecule has 0 atom stereocenters. The van der Waals surface area contributed by atoms with Crippen molar-refractivity contribution < 1.29 is 13.2 Å². The molecule has 0 amide bonds. The minimum atomic E-state index is -3.16. The fourth-order valence-corrected chi connectivity index (χ4v) is 5.63. The summed E-state index contributed by atoms with van der Waals surface area (Å²) in [7, 11) is -1.57. The molecule has 3 aromatic rings. The molecular weight excluding hydrogens is 438 g/mol. The van der Waals surface area contributed by atoms with E-state index in [-0.39, 0.29) is 11.3 Å². The zero-order valence-electron chi connectivity index (χ0n) is 20.3. The number of rotatable bonds is 11. The van der Waals surface area contributed by atoms with Crippen molar-refractivity contribution >= 4 is 20.9 Å². The van der Waals surface area contributed by atoms with E-state index in [1.54, 1.807) is 18.3 Å². The van der Waals surface area contributed by atoms with Crippen LogP contribution in [0.5, 0.6) is 5.75 Å². The van der Waals surface area contributed by atoms with Gasteiger partial charge < -0.3 is 14.3 Å². The highest BCUT2D eigenvalue weighted by Crippen LogP contribution is 2.30. The fourth-order valence-electron chi connectivity index (χ4n) is 4.46. The van der Waals surface area contributed by atoms with E-state index >= 15 is 0 Å². The van der Waals surface area contributed by atoms with Crippen LogP contribution in [0, 0.1) is 13.8 Å². The Balaban J connectivity index is 1.86. The van der Waals surface area contributed by atoms with Crippen molar-refractivity contribution in [2.24, 2.45) is 0 Å². The molecule has 0 spiro atoms. The summed E-state index contributed by atoms with van der Waals surface area (Å²) in [4.78, 5) is 15.6. The summed E-state index contributed by atoms with van der Waals surface area (Å²) in [6.45, 7) is 9.32. The summed E-state index contributed by atoms with van der Waals surface area (Å²) in [5.41, 5.74) is 4.62. The lowest BCUT2D eigenvalue weighted by Crippen LogP contribution is -2.33. The quantitative estimate of drug-likeness (QED) is 0.427. The Labute approximate surface area is 196 Å². The number of para-hydroxylation sites is 1. The first kappa shape index (κ1) is 25.1. The number of hydrogen-bond donors (Lipinski definition) is 1. The topological polar surface area (TPSA) is 84.4 Å². The number of unbranched alkanes of at least 4 members (excludes halogenated alkanes) is 1. The van der Waals surface area contributed by atoms with Gasteiger partial charge in [-0.1, -0.05) is 25.1 Å². The number of aryl methyl sites for hydroxylation is 2. The van der Waals surface area contributed by atoms with Crippen LogP contribution in [0.1, 0.15) is 49.2 Å². The summed E-state index contributed by atoms with van der Waals surface area (Å²) in [6, 6.07) is 10.1. The van der Waals surface area contributed by atoms with Gasteiger partial charge in [0.25, 0.3) is 5.56 Å². The van der Waals surface area contributed by atoms with Crippen molar-refractivity contribution in [3.05, 3.63) is 63.2 Å². The first-order valence-electron chi connectivity index (χ1n) is 11.5. The Bertz CT molecular complexity index is 1270. The van der Waals surface area contributed by atoms with Crippen molar-refractivity contribution in [2.45, 2.75) is 53.5 Å². The van der Waals surface area contributed by atoms with Crippen LogP contribution < -0.4 is 10.3 Å². The molecule has 2 aromatic heterocycles. The van der Waals surface area contributed by atoms with E-state index in [4.69, 9.17) is 4.74 Å². The van der Waals surface area contributed by atoms with E-state index < -0.39 is 10.0 Å². The standard InChI is InChI=1S/C25H35N3O4S/c1-6-27(33(30,31)7-2)14-10-11-15-28-19(4)21(20-12-8-9-13-23(20)28)17-22-24(32-5)16-18(3)26-25(22)29/h8-9,12-13,16H,6-7,10-11,14-15,17H2,1-5H3,(H,26,29). The normalized spacial score (nSPS) is 12.1. The molecule has 8 heteroatoms. The smallest absolute Gasteiger partial charge is 0.255 e. The summed E-state index contributed by atoms with van der Waals surface area (Å²) in [5, 5.41) is 1.13. The van der Waals surface area contributed by atoms with Gasteiger partial charge in [-0.2, -0.15) is 0 Å². The maximum absolute atomic E-state index is 12.7. The largest absolute Gasteiger partial charge is 0.496 e. The third-order valence-electron chi connectivity index (χ3n) is 6.31. The molecule has 0 saturated heterocycles. The van der Waals surface area contributed by atoms with E-state index in [0.29, 0.717) is 30.8 Å². The monoisotopic (exact) mass is 473 g/mol. The molecule has 0 aliphatic heterocycles. The fraction of sp³-hybridized carbons (Fsp3) is 0.480. The SMILES string of the molecule is CCN(CCCCn1c(C)c(Cc2c(OC)cc(C)[nH]c2=O)c2ccccc21)S(=O)(=O)CC. The molecule has 180 valence electrons. The van der Waals surface area contributed by atoms with E-state index in [1.807, 2.05) is 32.0 Å². The second kappa shape index (κ2) is 10.6. The summed E-state index contributed by atoms with van der Waals surface area (Å²) < 4.78 is 33.7. The van der Waals surface area contributed by atoms with Crippen molar-refractivity contribution in [1.29, 1.82) is 0 Å². The average Bonchev–Trinajstić information content (AvgIpc) is 3.06. The van der Waals surface area contributed by atoms with E-state index in [2.05, 4.69) is 28.6 Å². The van der Waals surface area contributed by atoms with Crippen LogP contribution in [0.3, 0.4) is 0 Å². The highest BCUT2D eigenvalue weighted by molar-refractivity contribution is 7.89. The minimum absolute atomic E-state index is 0.125. The Morgan fingerprint density at radius 1 is 1.09 bits per heavy atom. The predicted octanol–water partition coefficient (Wildman–Crippen LogP) is 4.00. The maximum Gasteiger partial charge on any atom is 0.255 e. The van der Waals surface area contributed by atoms with Gasteiger partial charge in [-0.15, -0.1) is 0 Å². The van der Waals surface area contributed by atoms with Gasteiger partial charge in [-0.05, 0) is 51.3 Å². The third-order valence-corrected chi connectivity index (χ3v) is 8.27. The highest BCUT2D eigenvalue weighted by Gasteiger charge is 2.19. The van der Waals surface area contributed by atoms with E-state index in [0.717, 1.165) is 47.2 Å². The molecule has 0 aliphatic carbocycles. The number of nitrogens with zero attached hydrogens (tertiary/aromatic N) is 2. The minimum Gasteiger partial charge on any atom is -0.496 e. The molecule has 1 N–H and O–H groups in total. The first-order valence-corrected chi connectivity index (χ1v) is 13.2. The van der Waals surface area contributed by atoms with Crippen LogP contribution in [0.4, 0.5) is 0 Å². The zero-order valence-corrected chi connectivity index (χ0v) is 21.1. The van der Waals surface area contributed by atoms with Gasteiger partial charge in [0, 0.05) is 48.3 Å². The van der Waals surface area contributed by atoms with Crippen molar-refractivity contribution in [3.8, 4) is 5.75 Å². The molecule has 0 aliphatic rings. The van der Waals surface area contributed by atoms with Crippen LogP contribution in [-0.4, -0.2) is 48.2 Å². The number of pyridine rings is 1. The van der Waals surface area contributed by atoms with Crippen LogP contribution in [-0.2, 0) is 23.0 Å². The van der Waals surface area contributed by atoms with Crippen LogP contribution >= 0.6 is 0 Å². The van der Waals surface area contributed by atoms with Gasteiger partial charge >= 0.3 is 0 Å². The lowest BCUT2D eigenvalue weighted by molar-refractivity contribution is 0.408. The van der Waals surface area contributed by atoms with Gasteiger partial charge in [-0.25, -0.2) is 12.7 Å². The molecule has 0 saturated carbocycles. The van der Waals surface area contributed by atoms with Crippen LogP contribution in [0.2, 0.25) is 0 Å². The third kappa shape index (κ3) is 5.33. The van der Waals surface area contributed by atoms with Gasteiger partial charge in [0.05, 0.1) is 18.4 Å². The molecule has 33 heavy (non-hydrogen) atoms. The predicted molar refractivity (Wildman–Crippen MR) is 134 cm³/mol. The number of H-pyrrole nitrogens is 1. The van der Waals surface area contributed by atoms with Crippen LogP contribution in [0.15, 0.2) is 35.1 Å². The molecule has 1 aromatic carbocycles. The van der Waals surface area contributed by atoms with E-state index in [9.17, 15) is 13.2 Å². The zero-order chi connectivity index (χ0) is 24.2. The average molecular weight is 474 g/mol. The molecule has 0 radical (unpaired) electrons. The van der Waals surface area contributed by atoms with Gasteiger partial charge in [-0.3, -0.25) is 4.79 Å². The number of ether oxygens (including phenoxy) is 1. The van der Waals surface area contributed by atoms with Crippen molar-refractivity contribution in [2.75, 3.05) is 26.0 Å². The molecule has 2 heterocycles. The molecule has 0 fully saturated rings. The number of sulfonamides is 1. The number of benzene rings is 1. The number of aromatic nitrogens is 2. The second-order valence-electron chi connectivity index (χ2n) is 8.34. The van der Waals surface area contributed by atoms with Gasteiger partial charge in [0.1, 0.15) is 5.75 Å². The number of nitrogens with one attached hydrogen (secondary N) is 1. The number of methoxy groups -OCH3 is 1. The Kier molecular flexibility index (Phi) is 8.02. The highest BCUT2D eigenvalue weighted by atomic mass is 32.2. The number of hydrogen-bond acceptors (Lipinski definition) is 4. The number of aromatic amines is 1. The van der Waals surface area contributed by atoms with Gasteiger partial charge in [0.15, 0.2) is 0 Å².